The Balaban J connectivity index is 1.29. The molecule has 8 heteroatoms. The number of rotatable bonds is 14. The first kappa shape index (κ1) is 30.5. The van der Waals surface area contributed by atoms with Gasteiger partial charge in [0.2, 0.25) is 17.7 Å². The molecule has 1 heterocycles. The molecule has 5 aromatic rings. The van der Waals surface area contributed by atoms with Crippen LogP contribution in [0.4, 0.5) is 0 Å². The predicted molar refractivity (Wildman–Crippen MR) is 172 cm³/mol. The molecule has 4 aromatic carbocycles. The van der Waals surface area contributed by atoms with Gasteiger partial charge < -0.3 is 15.6 Å². The summed E-state index contributed by atoms with van der Waals surface area (Å²) in [7, 11) is 0. The highest BCUT2D eigenvalue weighted by Crippen LogP contribution is 2.23. The quantitative estimate of drug-likeness (QED) is 0.0896. The molecule has 0 aliphatic heterocycles. The third-order valence-corrected chi connectivity index (χ3v) is 8.09. The zero-order valence-corrected chi connectivity index (χ0v) is 24.6. The Morgan fingerprint density at radius 2 is 1.48 bits per heavy atom. The number of carbonyl (C=O) groups excluding carboxylic acids is 3. The van der Waals surface area contributed by atoms with Crippen molar-refractivity contribution < 1.29 is 19.6 Å². The van der Waals surface area contributed by atoms with Crippen molar-refractivity contribution in [3.8, 4) is 0 Å². The third-order valence-electron chi connectivity index (χ3n) is 8.09. The molecule has 0 unspecified atom stereocenters. The molecule has 0 aliphatic rings. The lowest BCUT2D eigenvalue weighted by molar-refractivity contribution is -0.136. The largest absolute Gasteiger partial charge is 0.361 e. The lowest BCUT2D eigenvalue weighted by atomic mass is 9.93. The SMILES string of the molecule is O=C(C[C@H](CCCc1cccc2ccccc12)C(=O)N[C@H](Cc1c[nH]c2ccccc12)C(=O)NCCc1ccccc1)NO. The minimum Gasteiger partial charge on any atom is -0.361 e. The summed E-state index contributed by atoms with van der Waals surface area (Å²) in [5.74, 6) is -2.05. The van der Waals surface area contributed by atoms with Crippen LogP contribution < -0.4 is 16.1 Å². The lowest BCUT2D eigenvalue weighted by Crippen LogP contribution is -2.50. The first-order valence-corrected chi connectivity index (χ1v) is 15.1. The Morgan fingerprint density at radius 1 is 0.750 bits per heavy atom. The molecule has 2 atom stereocenters. The molecule has 226 valence electrons. The number of amides is 3. The topological polar surface area (TPSA) is 123 Å². The van der Waals surface area contributed by atoms with Crippen LogP contribution in [0.2, 0.25) is 0 Å². The maximum atomic E-state index is 13.7. The zero-order chi connectivity index (χ0) is 30.7. The summed E-state index contributed by atoms with van der Waals surface area (Å²) in [4.78, 5) is 42.6. The van der Waals surface area contributed by atoms with Crippen molar-refractivity contribution >= 4 is 39.4 Å². The van der Waals surface area contributed by atoms with Crippen LogP contribution in [0, 0.1) is 5.92 Å². The highest BCUT2D eigenvalue weighted by atomic mass is 16.5. The van der Waals surface area contributed by atoms with Crippen molar-refractivity contribution in [1.82, 2.24) is 21.1 Å². The van der Waals surface area contributed by atoms with Gasteiger partial charge in [0.1, 0.15) is 6.04 Å². The molecular formula is C36H38N4O4. The van der Waals surface area contributed by atoms with Crippen LogP contribution in [0.5, 0.6) is 0 Å². The van der Waals surface area contributed by atoms with Gasteiger partial charge in [0.15, 0.2) is 0 Å². The monoisotopic (exact) mass is 590 g/mol. The first-order chi connectivity index (χ1) is 21.5. The van der Waals surface area contributed by atoms with E-state index in [1.54, 1.807) is 5.48 Å². The summed E-state index contributed by atoms with van der Waals surface area (Å²) in [5.41, 5.74) is 5.78. The van der Waals surface area contributed by atoms with Crippen molar-refractivity contribution in [3.63, 3.8) is 0 Å². The molecule has 5 rings (SSSR count). The van der Waals surface area contributed by atoms with Gasteiger partial charge in [-0.3, -0.25) is 19.6 Å². The van der Waals surface area contributed by atoms with E-state index in [1.165, 1.54) is 5.56 Å². The van der Waals surface area contributed by atoms with E-state index in [2.05, 4.69) is 39.9 Å². The average Bonchev–Trinajstić information content (AvgIpc) is 3.47. The Bertz CT molecular complexity index is 1710. The normalized spacial score (nSPS) is 12.5. The van der Waals surface area contributed by atoms with Crippen LogP contribution in [-0.2, 0) is 33.6 Å². The summed E-state index contributed by atoms with van der Waals surface area (Å²) in [6.07, 6.45) is 4.41. The summed E-state index contributed by atoms with van der Waals surface area (Å²) < 4.78 is 0. The fourth-order valence-corrected chi connectivity index (χ4v) is 5.76. The summed E-state index contributed by atoms with van der Waals surface area (Å²) in [6.45, 7) is 0.421. The third kappa shape index (κ3) is 7.90. The van der Waals surface area contributed by atoms with Crippen LogP contribution in [0.1, 0.15) is 36.0 Å². The van der Waals surface area contributed by atoms with Crippen molar-refractivity contribution in [3.05, 3.63) is 120 Å². The van der Waals surface area contributed by atoms with Crippen LogP contribution >= 0.6 is 0 Å². The Morgan fingerprint density at radius 3 is 2.30 bits per heavy atom. The van der Waals surface area contributed by atoms with E-state index < -0.39 is 23.8 Å². The van der Waals surface area contributed by atoms with Gasteiger partial charge in [-0.05, 0) is 59.2 Å². The van der Waals surface area contributed by atoms with E-state index >= 15 is 0 Å². The predicted octanol–water partition coefficient (Wildman–Crippen LogP) is 5.24. The summed E-state index contributed by atoms with van der Waals surface area (Å²) in [5, 5.41) is 18.5. The van der Waals surface area contributed by atoms with E-state index in [0.717, 1.165) is 39.2 Å². The molecular weight excluding hydrogens is 552 g/mol. The molecule has 1 aromatic heterocycles. The lowest BCUT2D eigenvalue weighted by Gasteiger charge is -2.22. The first-order valence-electron chi connectivity index (χ1n) is 15.1. The average molecular weight is 591 g/mol. The number of hydrogen-bond donors (Lipinski definition) is 5. The van der Waals surface area contributed by atoms with E-state index in [0.29, 0.717) is 25.8 Å². The molecule has 44 heavy (non-hydrogen) atoms. The fourth-order valence-electron chi connectivity index (χ4n) is 5.76. The second-order valence-corrected chi connectivity index (χ2v) is 11.1. The second kappa shape index (κ2) is 15.0. The molecule has 0 spiro atoms. The number of carbonyl (C=O) groups is 3. The van der Waals surface area contributed by atoms with Crippen molar-refractivity contribution in [1.29, 1.82) is 0 Å². The number of para-hydroxylation sites is 1. The van der Waals surface area contributed by atoms with Gasteiger partial charge >= 0.3 is 0 Å². The number of nitrogens with one attached hydrogen (secondary N) is 4. The molecule has 0 saturated heterocycles. The molecule has 5 N–H and O–H groups in total. The maximum absolute atomic E-state index is 13.7. The minimum absolute atomic E-state index is 0.187. The van der Waals surface area contributed by atoms with E-state index in [1.807, 2.05) is 79.0 Å². The number of aromatic nitrogens is 1. The molecule has 8 nitrogen and oxygen atoms in total. The highest BCUT2D eigenvalue weighted by Gasteiger charge is 2.28. The number of aromatic amines is 1. The number of H-pyrrole nitrogens is 1. The van der Waals surface area contributed by atoms with Crippen LogP contribution in [0.25, 0.3) is 21.7 Å². The van der Waals surface area contributed by atoms with Crippen LogP contribution in [0.3, 0.4) is 0 Å². The number of aryl methyl sites for hydroxylation is 1. The smallest absolute Gasteiger partial charge is 0.244 e. The highest BCUT2D eigenvalue weighted by molar-refractivity contribution is 5.92. The molecule has 0 saturated carbocycles. The van der Waals surface area contributed by atoms with Gasteiger partial charge in [-0.2, -0.15) is 0 Å². The van der Waals surface area contributed by atoms with E-state index in [4.69, 9.17) is 0 Å². The minimum atomic E-state index is -0.852. The summed E-state index contributed by atoms with van der Waals surface area (Å²) >= 11 is 0. The van der Waals surface area contributed by atoms with Crippen molar-refractivity contribution in [2.75, 3.05) is 6.54 Å². The Kier molecular flexibility index (Phi) is 10.4. The number of hydrogen-bond acceptors (Lipinski definition) is 4. The summed E-state index contributed by atoms with van der Waals surface area (Å²) in [6, 6.07) is 31.2. The van der Waals surface area contributed by atoms with Gasteiger partial charge in [-0.25, -0.2) is 5.48 Å². The van der Waals surface area contributed by atoms with Crippen molar-refractivity contribution in [2.24, 2.45) is 5.92 Å². The second-order valence-electron chi connectivity index (χ2n) is 11.1. The van der Waals surface area contributed by atoms with E-state index in [-0.39, 0.29) is 18.7 Å². The molecule has 0 aliphatic carbocycles. The molecule has 0 radical (unpaired) electrons. The number of benzene rings is 4. The fraction of sp³-hybridized carbons (Fsp3) is 0.250. The van der Waals surface area contributed by atoms with E-state index in [9.17, 15) is 19.6 Å². The molecule has 3 amide bonds. The van der Waals surface area contributed by atoms with Gasteiger partial charge in [-0.15, -0.1) is 0 Å². The number of hydroxylamine groups is 1. The Labute approximate surface area is 256 Å². The van der Waals surface area contributed by atoms with Crippen molar-refractivity contribution in [2.45, 2.75) is 44.6 Å². The Hall–Kier alpha value is -4.95. The molecule has 0 bridgehead atoms. The maximum Gasteiger partial charge on any atom is 0.244 e. The zero-order valence-electron chi connectivity index (χ0n) is 24.6. The van der Waals surface area contributed by atoms with Gasteiger partial charge in [-0.1, -0.05) is 91.0 Å². The number of fused-ring (bicyclic) bond motifs is 2. The van der Waals surface area contributed by atoms with Gasteiger partial charge in [0.05, 0.1) is 0 Å². The van der Waals surface area contributed by atoms with Crippen LogP contribution in [0.15, 0.2) is 103 Å². The van der Waals surface area contributed by atoms with Crippen LogP contribution in [-0.4, -0.2) is 40.5 Å². The molecule has 0 fully saturated rings. The standard InChI is InChI=1S/C36H38N4O4/c41-34(40-44)23-28(16-9-15-27-14-8-13-26-12-4-5-17-30(26)27)35(42)39-33(22-29-24-38-32-19-7-6-18-31(29)32)36(43)37-21-20-25-10-2-1-3-11-25/h1-8,10-14,17-19,24,28,33,38,44H,9,15-16,20-23H2,(H,37,43)(H,39,42)(H,40,41)/t28-,33+/m0/s1. The van der Waals surface area contributed by atoms with Gasteiger partial charge in [0, 0.05) is 42.4 Å². The van der Waals surface area contributed by atoms with Gasteiger partial charge in [0.25, 0.3) is 0 Å².